The number of amides is 1. The molecule has 0 spiro atoms. The minimum absolute atomic E-state index is 0.00174. The van der Waals surface area contributed by atoms with E-state index in [2.05, 4.69) is 5.32 Å². The normalized spacial score (nSPS) is 22.0. The molecule has 2 fully saturated rings. The molecule has 0 radical (unpaired) electrons. The second kappa shape index (κ2) is 9.69. The zero-order valence-corrected chi connectivity index (χ0v) is 18.1. The molecule has 2 saturated heterocycles. The maximum atomic E-state index is 13.1. The summed E-state index contributed by atoms with van der Waals surface area (Å²) in [4.78, 5) is 12.5. The number of benzene rings is 1. The van der Waals surface area contributed by atoms with Crippen LogP contribution < -0.4 is 5.32 Å². The van der Waals surface area contributed by atoms with Gasteiger partial charge in [0.2, 0.25) is 26.0 Å². The molecule has 0 saturated carbocycles. The molecule has 30 heavy (non-hydrogen) atoms. The van der Waals surface area contributed by atoms with Crippen molar-refractivity contribution in [3.05, 3.63) is 30.1 Å². The topological polar surface area (TPSA) is 113 Å². The summed E-state index contributed by atoms with van der Waals surface area (Å²) in [7, 11) is -7.31. The van der Waals surface area contributed by atoms with Crippen LogP contribution in [0, 0.1) is 11.7 Å². The fourth-order valence-electron chi connectivity index (χ4n) is 3.53. The average Bonchev–Trinajstić information content (AvgIpc) is 2.74. The molecule has 2 aliphatic heterocycles. The second-order valence-corrected chi connectivity index (χ2v) is 11.3. The first-order valence-electron chi connectivity index (χ1n) is 9.79. The van der Waals surface area contributed by atoms with Gasteiger partial charge >= 0.3 is 0 Å². The lowest BCUT2D eigenvalue weighted by Crippen LogP contribution is -2.47. The Balaban J connectivity index is 1.54. The van der Waals surface area contributed by atoms with E-state index in [0.29, 0.717) is 39.1 Å². The molecule has 1 aromatic rings. The number of nitrogens with zero attached hydrogens (tertiary/aromatic N) is 2. The van der Waals surface area contributed by atoms with Crippen molar-refractivity contribution >= 4 is 26.0 Å². The third kappa shape index (κ3) is 5.55. The monoisotopic (exact) mass is 463 g/mol. The van der Waals surface area contributed by atoms with Crippen LogP contribution in [0.4, 0.5) is 4.39 Å². The van der Waals surface area contributed by atoms with E-state index in [1.54, 1.807) is 0 Å². The number of morpholine rings is 1. The van der Waals surface area contributed by atoms with Gasteiger partial charge in [0.25, 0.3) is 0 Å². The van der Waals surface area contributed by atoms with Gasteiger partial charge in [-0.25, -0.2) is 21.2 Å². The lowest BCUT2D eigenvalue weighted by Gasteiger charge is -2.31. The first-order valence-corrected chi connectivity index (χ1v) is 12.8. The third-order valence-corrected chi connectivity index (χ3v) is 8.98. The smallest absolute Gasteiger partial charge is 0.243 e. The van der Waals surface area contributed by atoms with Gasteiger partial charge in [0, 0.05) is 32.7 Å². The fourth-order valence-corrected chi connectivity index (χ4v) is 6.38. The van der Waals surface area contributed by atoms with E-state index in [-0.39, 0.29) is 36.2 Å². The van der Waals surface area contributed by atoms with Gasteiger partial charge in [-0.1, -0.05) is 0 Å². The Morgan fingerprint density at radius 2 is 1.73 bits per heavy atom. The van der Waals surface area contributed by atoms with Crippen LogP contribution in [0.15, 0.2) is 29.2 Å². The Hall–Kier alpha value is -1.60. The molecular weight excluding hydrogens is 437 g/mol. The molecule has 12 heteroatoms. The Morgan fingerprint density at radius 1 is 1.07 bits per heavy atom. The highest BCUT2D eigenvalue weighted by Crippen LogP contribution is 2.24. The summed E-state index contributed by atoms with van der Waals surface area (Å²) < 4.78 is 71.0. The van der Waals surface area contributed by atoms with E-state index in [4.69, 9.17) is 4.74 Å². The van der Waals surface area contributed by atoms with Gasteiger partial charge in [-0.3, -0.25) is 4.79 Å². The Labute approximate surface area is 176 Å². The lowest BCUT2D eigenvalue weighted by atomic mass is 9.99. The number of carbonyl (C=O) groups excluding carboxylic acids is 1. The van der Waals surface area contributed by atoms with Gasteiger partial charge in [0.1, 0.15) is 5.82 Å². The number of halogens is 1. The molecule has 1 N–H and O–H groups in total. The molecule has 1 unspecified atom stereocenters. The van der Waals surface area contributed by atoms with Crippen LogP contribution in [0.25, 0.3) is 0 Å². The zero-order valence-electron chi connectivity index (χ0n) is 16.5. The SMILES string of the molecule is O=C(NCCS(=O)(=O)N1CCOCC1)C1CCCN(S(=O)(=O)c2ccc(F)cc2)C1. The van der Waals surface area contributed by atoms with Crippen LogP contribution in [-0.4, -0.2) is 83.0 Å². The van der Waals surface area contributed by atoms with Crippen LogP contribution in [-0.2, 0) is 29.6 Å². The van der Waals surface area contributed by atoms with Gasteiger partial charge in [0.05, 0.1) is 29.8 Å². The fraction of sp³-hybridized carbons (Fsp3) is 0.611. The minimum Gasteiger partial charge on any atom is -0.379 e. The number of rotatable bonds is 7. The van der Waals surface area contributed by atoms with Crippen molar-refractivity contribution in [3.63, 3.8) is 0 Å². The third-order valence-electron chi connectivity index (χ3n) is 5.23. The van der Waals surface area contributed by atoms with Crippen LogP contribution in [0.1, 0.15) is 12.8 Å². The molecule has 2 aliphatic rings. The summed E-state index contributed by atoms with van der Waals surface area (Å²) in [6, 6.07) is 4.56. The predicted octanol–water partition coefficient (Wildman–Crippen LogP) is 0.00460. The van der Waals surface area contributed by atoms with E-state index < -0.39 is 31.8 Å². The number of ether oxygens (including phenoxy) is 1. The van der Waals surface area contributed by atoms with Crippen LogP contribution in [0.2, 0.25) is 0 Å². The van der Waals surface area contributed by atoms with Crippen molar-refractivity contribution < 1.29 is 30.8 Å². The number of hydrogen-bond acceptors (Lipinski definition) is 6. The Bertz CT molecular complexity index is 947. The van der Waals surface area contributed by atoms with Crippen LogP contribution in [0.5, 0.6) is 0 Å². The quantitative estimate of drug-likeness (QED) is 0.609. The highest BCUT2D eigenvalue weighted by Gasteiger charge is 2.33. The number of nitrogens with one attached hydrogen (secondary N) is 1. The van der Waals surface area contributed by atoms with Gasteiger partial charge in [0.15, 0.2) is 0 Å². The standard InChI is InChI=1S/C18H26FN3O6S2/c19-16-3-5-17(6-4-16)30(26,27)22-8-1-2-15(14-22)18(23)20-7-13-29(24,25)21-9-11-28-12-10-21/h3-6,15H,1-2,7-14H2,(H,20,23). The second-order valence-electron chi connectivity index (χ2n) is 7.27. The number of sulfonamides is 2. The Morgan fingerprint density at radius 3 is 2.40 bits per heavy atom. The van der Waals surface area contributed by atoms with Gasteiger partial charge in [-0.2, -0.15) is 8.61 Å². The number of carbonyl (C=O) groups is 1. The molecule has 9 nitrogen and oxygen atoms in total. The average molecular weight is 464 g/mol. The summed E-state index contributed by atoms with van der Waals surface area (Å²) in [5.41, 5.74) is 0. The first-order chi connectivity index (χ1) is 14.2. The summed E-state index contributed by atoms with van der Waals surface area (Å²) in [5.74, 6) is -1.69. The molecule has 0 aromatic heterocycles. The maximum absolute atomic E-state index is 13.1. The first kappa shape index (κ1) is 23.1. The molecule has 2 heterocycles. The highest BCUT2D eigenvalue weighted by molar-refractivity contribution is 7.89. The van der Waals surface area contributed by atoms with Crippen molar-refractivity contribution in [1.82, 2.24) is 13.9 Å². The minimum atomic E-state index is -3.83. The van der Waals surface area contributed by atoms with Gasteiger partial charge in [-0.05, 0) is 37.1 Å². The highest BCUT2D eigenvalue weighted by atomic mass is 32.2. The van der Waals surface area contributed by atoms with E-state index in [1.807, 2.05) is 0 Å². The molecule has 1 atom stereocenters. The molecule has 0 bridgehead atoms. The summed E-state index contributed by atoms with van der Waals surface area (Å²) in [6.07, 6.45) is 1.02. The Kier molecular flexibility index (Phi) is 7.45. The van der Waals surface area contributed by atoms with E-state index in [0.717, 1.165) is 12.1 Å². The van der Waals surface area contributed by atoms with Crippen molar-refractivity contribution in [3.8, 4) is 0 Å². The molecule has 1 aromatic carbocycles. The van der Waals surface area contributed by atoms with Crippen LogP contribution >= 0.6 is 0 Å². The largest absolute Gasteiger partial charge is 0.379 e. The lowest BCUT2D eigenvalue weighted by molar-refractivity contribution is -0.125. The van der Waals surface area contributed by atoms with Crippen LogP contribution in [0.3, 0.4) is 0 Å². The van der Waals surface area contributed by atoms with E-state index >= 15 is 0 Å². The van der Waals surface area contributed by atoms with Crippen molar-refractivity contribution in [2.75, 3.05) is 51.7 Å². The molecule has 0 aliphatic carbocycles. The summed E-state index contributed by atoms with van der Waals surface area (Å²) >= 11 is 0. The van der Waals surface area contributed by atoms with Crippen molar-refractivity contribution in [2.45, 2.75) is 17.7 Å². The summed E-state index contributed by atoms with van der Waals surface area (Å²) in [6.45, 7) is 1.54. The molecule has 1 amide bonds. The number of hydrogen-bond donors (Lipinski definition) is 1. The molecule has 168 valence electrons. The summed E-state index contributed by atoms with van der Waals surface area (Å²) in [5, 5.41) is 2.62. The van der Waals surface area contributed by atoms with E-state index in [1.165, 1.54) is 20.7 Å². The van der Waals surface area contributed by atoms with Gasteiger partial charge in [-0.15, -0.1) is 0 Å². The molecule has 3 rings (SSSR count). The number of piperidine rings is 1. The molecular formula is C18H26FN3O6S2. The zero-order chi connectivity index (χ0) is 21.8. The van der Waals surface area contributed by atoms with Crippen molar-refractivity contribution in [2.24, 2.45) is 5.92 Å². The van der Waals surface area contributed by atoms with E-state index in [9.17, 15) is 26.0 Å². The van der Waals surface area contributed by atoms with Crippen molar-refractivity contribution in [1.29, 1.82) is 0 Å². The van der Waals surface area contributed by atoms with Gasteiger partial charge < -0.3 is 10.1 Å². The maximum Gasteiger partial charge on any atom is 0.243 e. The predicted molar refractivity (Wildman–Crippen MR) is 107 cm³/mol.